The smallest absolute Gasteiger partial charge is 0.274 e. The van der Waals surface area contributed by atoms with Crippen molar-refractivity contribution in [2.45, 2.75) is 13.8 Å². The number of aryl methyl sites for hydroxylation is 1. The maximum atomic E-state index is 13.0. The molecule has 118 valence electrons. The molecule has 0 unspecified atom stereocenters. The molecule has 3 aromatic rings. The number of methoxy groups -OCH3 is 1. The summed E-state index contributed by atoms with van der Waals surface area (Å²) < 4.78 is 5.28. The third kappa shape index (κ3) is 2.68. The molecule has 0 bridgehead atoms. The van der Waals surface area contributed by atoms with Crippen LogP contribution in [0.25, 0.3) is 10.9 Å². The molecule has 0 saturated carbocycles. The van der Waals surface area contributed by atoms with Crippen LogP contribution in [0, 0.1) is 6.92 Å². The van der Waals surface area contributed by atoms with Gasteiger partial charge >= 0.3 is 0 Å². The summed E-state index contributed by atoms with van der Waals surface area (Å²) in [4.78, 5) is 18.0. The number of para-hydroxylation sites is 1. The summed E-state index contributed by atoms with van der Waals surface area (Å²) in [5.74, 6) is 0.764. The van der Waals surface area contributed by atoms with E-state index in [1.807, 2.05) is 62.4 Å². The zero-order valence-electron chi connectivity index (χ0n) is 13.6. The first kappa shape index (κ1) is 15.2. The number of nitrogens with one attached hydrogen (secondary N) is 1. The molecule has 0 spiro atoms. The lowest BCUT2D eigenvalue weighted by atomic mass is 10.1. The first-order valence-corrected chi connectivity index (χ1v) is 7.69. The Labute approximate surface area is 135 Å². The number of carbonyl (C=O) groups is 1. The second-order valence-electron chi connectivity index (χ2n) is 5.42. The molecule has 0 aliphatic carbocycles. The number of nitrogens with zero attached hydrogens (tertiary/aromatic N) is 1. The molecule has 0 aliphatic heterocycles. The zero-order chi connectivity index (χ0) is 16.4. The van der Waals surface area contributed by atoms with Crippen molar-refractivity contribution >= 4 is 22.5 Å². The van der Waals surface area contributed by atoms with E-state index in [1.54, 1.807) is 12.0 Å². The normalized spacial score (nSPS) is 10.7. The molecule has 1 heterocycles. The van der Waals surface area contributed by atoms with Crippen LogP contribution in [0.15, 0.2) is 48.5 Å². The van der Waals surface area contributed by atoms with Crippen molar-refractivity contribution in [1.82, 2.24) is 4.98 Å². The maximum absolute atomic E-state index is 13.0. The van der Waals surface area contributed by atoms with Crippen LogP contribution in [-0.2, 0) is 0 Å². The van der Waals surface area contributed by atoms with Crippen molar-refractivity contribution in [1.29, 1.82) is 0 Å². The fourth-order valence-electron chi connectivity index (χ4n) is 2.83. The molecule has 0 radical (unpaired) electrons. The summed E-state index contributed by atoms with van der Waals surface area (Å²) in [5.41, 5.74) is 3.41. The van der Waals surface area contributed by atoms with Crippen LogP contribution in [0.2, 0.25) is 0 Å². The van der Waals surface area contributed by atoms with Gasteiger partial charge in [0.05, 0.1) is 7.11 Å². The minimum Gasteiger partial charge on any atom is -0.497 e. The molecule has 0 fully saturated rings. The monoisotopic (exact) mass is 308 g/mol. The summed E-state index contributed by atoms with van der Waals surface area (Å²) in [5, 5.41) is 1.01. The molecule has 0 saturated heterocycles. The van der Waals surface area contributed by atoms with Gasteiger partial charge in [0.15, 0.2) is 0 Å². The van der Waals surface area contributed by atoms with Crippen LogP contribution >= 0.6 is 0 Å². The number of anilines is 1. The number of aromatic amines is 1. The second-order valence-corrected chi connectivity index (χ2v) is 5.42. The SMILES string of the molecule is CCN(C(=O)c1[nH]c2ccc(OC)cc2c1C)c1ccccc1. The highest BCUT2D eigenvalue weighted by molar-refractivity contribution is 6.09. The number of amides is 1. The minimum absolute atomic E-state index is 0.0219. The van der Waals surface area contributed by atoms with E-state index in [0.717, 1.165) is 27.9 Å². The number of hydrogen-bond donors (Lipinski definition) is 1. The number of hydrogen-bond acceptors (Lipinski definition) is 2. The average molecular weight is 308 g/mol. The molecule has 1 aromatic heterocycles. The molecule has 0 aliphatic rings. The Morgan fingerprint density at radius 2 is 1.91 bits per heavy atom. The number of carbonyl (C=O) groups excluding carboxylic acids is 1. The van der Waals surface area contributed by atoms with Gasteiger partial charge in [0.25, 0.3) is 5.91 Å². The van der Waals surface area contributed by atoms with Crippen molar-refractivity contribution in [3.8, 4) is 5.75 Å². The molecule has 4 heteroatoms. The Hall–Kier alpha value is -2.75. The van der Waals surface area contributed by atoms with Crippen LogP contribution in [0.3, 0.4) is 0 Å². The van der Waals surface area contributed by atoms with Gasteiger partial charge < -0.3 is 14.6 Å². The summed E-state index contributed by atoms with van der Waals surface area (Å²) in [6.07, 6.45) is 0. The molecular formula is C19H20N2O2. The number of fused-ring (bicyclic) bond motifs is 1. The zero-order valence-corrected chi connectivity index (χ0v) is 13.6. The quantitative estimate of drug-likeness (QED) is 0.787. The predicted octanol–water partition coefficient (Wildman–Crippen LogP) is 4.15. The molecule has 1 amide bonds. The summed E-state index contributed by atoms with van der Waals surface area (Å²) in [6.45, 7) is 4.55. The van der Waals surface area contributed by atoms with E-state index >= 15 is 0 Å². The molecular weight excluding hydrogens is 288 g/mol. The molecule has 4 nitrogen and oxygen atoms in total. The van der Waals surface area contributed by atoms with Gasteiger partial charge in [-0.1, -0.05) is 18.2 Å². The van der Waals surface area contributed by atoms with Gasteiger partial charge in [0.1, 0.15) is 11.4 Å². The highest BCUT2D eigenvalue weighted by Gasteiger charge is 2.21. The van der Waals surface area contributed by atoms with E-state index in [4.69, 9.17) is 4.74 Å². The van der Waals surface area contributed by atoms with Gasteiger partial charge in [-0.15, -0.1) is 0 Å². The number of rotatable bonds is 4. The van der Waals surface area contributed by atoms with Gasteiger partial charge in [-0.25, -0.2) is 0 Å². The number of benzene rings is 2. The maximum Gasteiger partial charge on any atom is 0.274 e. The third-order valence-corrected chi connectivity index (χ3v) is 4.11. The minimum atomic E-state index is -0.0219. The lowest BCUT2D eigenvalue weighted by Gasteiger charge is -2.20. The van der Waals surface area contributed by atoms with Crippen LogP contribution in [0.5, 0.6) is 5.75 Å². The van der Waals surface area contributed by atoms with Crippen LogP contribution in [0.1, 0.15) is 23.0 Å². The molecule has 23 heavy (non-hydrogen) atoms. The fraction of sp³-hybridized carbons (Fsp3) is 0.211. The predicted molar refractivity (Wildman–Crippen MR) is 93.4 cm³/mol. The van der Waals surface area contributed by atoms with Crippen molar-refractivity contribution < 1.29 is 9.53 Å². The van der Waals surface area contributed by atoms with Crippen LogP contribution in [-0.4, -0.2) is 24.5 Å². The molecule has 0 atom stereocenters. The van der Waals surface area contributed by atoms with Crippen molar-refractivity contribution in [2.75, 3.05) is 18.6 Å². The highest BCUT2D eigenvalue weighted by atomic mass is 16.5. The number of aromatic nitrogens is 1. The Bertz CT molecular complexity index is 837. The second kappa shape index (κ2) is 6.16. The topological polar surface area (TPSA) is 45.3 Å². The van der Waals surface area contributed by atoms with E-state index in [0.29, 0.717) is 12.2 Å². The van der Waals surface area contributed by atoms with E-state index in [2.05, 4.69) is 4.98 Å². The van der Waals surface area contributed by atoms with E-state index in [-0.39, 0.29) is 5.91 Å². The van der Waals surface area contributed by atoms with Crippen LogP contribution < -0.4 is 9.64 Å². The third-order valence-electron chi connectivity index (χ3n) is 4.11. The first-order chi connectivity index (χ1) is 11.2. The van der Waals surface area contributed by atoms with Gasteiger partial charge in [-0.05, 0) is 49.7 Å². The average Bonchev–Trinajstić information content (AvgIpc) is 2.92. The summed E-state index contributed by atoms with van der Waals surface area (Å²) in [6, 6.07) is 15.5. The largest absolute Gasteiger partial charge is 0.497 e. The molecule has 3 rings (SSSR count). The lowest BCUT2D eigenvalue weighted by molar-refractivity contribution is 0.0984. The van der Waals surface area contributed by atoms with Gasteiger partial charge in [0.2, 0.25) is 0 Å². The highest BCUT2D eigenvalue weighted by Crippen LogP contribution is 2.27. The Morgan fingerprint density at radius 3 is 2.57 bits per heavy atom. The number of ether oxygens (including phenoxy) is 1. The summed E-state index contributed by atoms with van der Waals surface area (Å²) in [7, 11) is 1.64. The van der Waals surface area contributed by atoms with Crippen molar-refractivity contribution in [2.24, 2.45) is 0 Å². The Morgan fingerprint density at radius 1 is 1.17 bits per heavy atom. The first-order valence-electron chi connectivity index (χ1n) is 7.69. The lowest BCUT2D eigenvalue weighted by Crippen LogP contribution is -2.31. The number of H-pyrrole nitrogens is 1. The van der Waals surface area contributed by atoms with E-state index < -0.39 is 0 Å². The van der Waals surface area contributed by atoms with Gasteiger partial charge in [-0.2, -0.15) is 0 Å². The Balaban J connectivity index is 2.05. The van der Waals surface area contributed by atoms with Crippen molar-refractivity contribution in [3.05, 3.63) is 59.8 Å². The van der Waals surface area contributed by atoms with E-state index in [1.165, 1.54) is 0 Å². The standard InChI is InChI=1S/C19H20N2O2/c1-4-21(14-8-6-5-7-9-14)19(22)18-13(2)16-12-15(23-3)10-11-17(16)20-18/h5-12,20H,4H2,1-3H3. The van der Waals surface area contributed by atoms with Gasteiger partial charge in [0, 0.05) is 23.1 Å². The molecule has 2 aromatic carbocycles. The molecule has 1 N–H and O–H groups in total. The van der Waals surface area contributed by atoms with Crippen molar-refractivity contribution in [3.63, 3.8) is 0 Å². The Kier molecular flexibility index (Phi) is 4.06. The van der Waals surface area contributed by atoms with Crippen LogP contribution in [0.4, 0.5) is 5.69 Å². The fourth-order valence-corrected chi connectivity index (χ4v) is 2.83. The van der Waals surface area contributed by atoms with Gasteiger partial charge in [-0.3, -0.25) is 4.79 Å². The summed E-state index contributed by atoms with van der Waals surface area (Å²) >= 11 is 0. The van der Waals surface area contributed by atoms with E-state index in [9.17, 15) is 4.79 Å².